The number of carboxylic acid groups (broad SMARTS) is 1. The summed E-state index contributed by atoms with van der Waals surface area (Å²) in [6.45, 7) is 1.83. The molecule has 0 radical (unpaired) electrons. The van der Waals surface area contributed by atoms with Crippen molar-refractivity contribution >= 4 is 18.1 Å². The summed E-state index contributed by atoms with van der Waals surface area (Å²) in [4.78, 5) is 15.5. The lowest BCUT2D eigenvalue weighted by molar-refractivity contribution is -0.140. The number of ether oxygens (including phenoxy) is 1. The van der Waals surface area contributed by atoms with Gasteiger partial charge in [-0.2, -0.15) is 0 Å². The lowest BCUT2D eigenvalue weighted by Crippen LogP contribution is -2.39. The fourth-order valence-corrected chi connectivity index (χ4v) is 3.29. The minimum atomic E-state index is -1.11. The van der Waals surface area contributed by atoms with Crippen LogP contribution in [0.25, 0.3) is 23.3 Å². The van der Waals surface area contributed by atoms with Crippen LogP contribution in [0.5, 0.6) is 5.88 Å². The van der Waals surface area contributed by atoms with Crippen molar-refractivity contribution in [3.63, 3.8) is 0 Å². The van der Waals surface area contributed by atoms with Gasteiger partial charge in [-0.3, -0.25) is 10.1 Å². The SMILES string of the molecule is COc1nc(C=Cc2cccc(-c3ccccc3)c2C)ccc1CNC(CO)C(=O)O. The number of methoxy groups -OCH3 is 1. The van der Waals surface area contributed by atoms with Crippen molar-refractivity contribution in [1.82, 2.24) is 10.3 Å². The molecule has 1 aromatic heterocycles. The Balaban J connectivity index is 1.79. The number of hydrogen-bond donors (Lipinski definition) is 3. The Morgan fingerprint density at radius 3 is 2.55 bits per heavy atom. The van der Waals surface area contributed by atoms with Crippen LogP contribution < -0.4 is 10.1 Å². The van der Waals surface area contributed by atoms with Crippen LogP contribution in [-0.4, -0.2) is 40.9 Å². The van der Waals surface area contributed by atoms with E-state index >= 15 is 0 Å². The molecule has 2 aromatic carbocycles. The number of aliphatic hydroxyl groups excluding tert-OH is 1. The Kier molecular flexibility index (Phi) is 7.54. The van der Waals surface area contributed by atoms with E-state index in [0.29, 0.717) is 11.4 Å². The lowest BCUT2D eigenvalue weighted by Gasteiger charge is -2.13. The highest BCUT2D eigenvalue weighted by Crippen LogP contribution is 2.26. The van der Waals surface area contributed by atoms with E-state index in [-0.39, 0.29) is 6.54 Å². The molecule has 31 heavy (non-hydrogen) atoms. The van der Waals surface area contributed by atoms with Gasteiger partial charge < -0.3 is 14.9 Å². The lowest BCUT2D eigenvalue weighted by atomic mass is 9.96. The number of nitrogens with one attached hydrogen (secondary N) is 1. The molecular formula is C25H26N2O4. The number of carbonyl (C=O) groups is 1. The maximum absolute atomic E-state index is 11.0. The smallest absolute Gasteiger partial charge is 0.323 e. The standard InChI is InChI=1S/C25H26N2O4/c1-17-18(9-6-10-22(17)19-7-4-3-5-8-19)11-13-21-14-12-20(24(27-21)31-2)15-26-23(16-28)25(29)30/h3-14,23,26,28H,15-16H2,1-2H3,(H,29,30). The molecule has 0 saturated carbocycles. The summed E-state index contributed by atoms with van der Waals surface area (Å²) < 4.78 is 5.37. The molecule has 3 aromatic rings. The second kappa shape index (κ2) is 10.5. The number of nitrogens with zero attached hydrogens (tertiary/aromatic N) is 1. The van der Waals surface area contributed by atoms with Crippen LogP contribution >= 0.6 is 0 Å². The van der Waals surface area contributed by atoms with Crippen LogP contribution in [0.15, 0.2) is 60.7 Å². The second-order valence-corrected chi connectivity index (χ2v) is 7.08. The van der Waals surface area contributed by atoms with E-state index in [1.165, 1.54) is 23.8 Å². The van der Waals surface area contributed by atoms with Gasteiger partial charge in [-0.25, -0.2) is 4.98 Å². The van der Waals surface area contributed by atoms with Gasteiger partial charge in [0.1, 0.15) is 6.04 Å². The van der Waals surface area contributed by atoms with Crippen molar-refractivity contribution in [3.05, 3.63) is 83.0 Å². The van der Waals surface area contributed by atoms with Crippen LogP contribution in [0, 0.1) is 6.92 Å². The van der Waals surface area contributed by atoms with Crippen molar-refractivity contribution in [2.45, 2.75) is 19.5 Å². The van der Waals surface area contributed by atoms with Crippen molar-refractivity contribution in [2.24, 2.45) is 0 Å². The number of benzene rings is 2. The summed E-state index contributed by atoms with van der Waals surface area (Å²) in [6, 6.07) is 19.1. The average Bonchev–Trinajstić information content (AvgIpc) is 2.79. The Labute approximate surface area is 181 Å². The van der Waals surface area contributed by atoms with Crippen LogP contribution in [0.3, 0.4) is 0 Å². The first-order valence-electron chi connectivity index (χ1n) is 9.97. The quantitative estimate of drug-likeness (QED) is 0.490. The predicted molar refractivity (Wildman–Crippen MR) is 122 cm³/mol. The Hall–Kier alpha value is -3.48. The first kappa shape index (κ1) is 22.2. The maximum atomic E-state index is 11.0. The summed E-state index contributed by atoms with van der Waals surface area (Å²) in [5, 5.41) is 21.0. The average molecular weight is 418 g/mol. The van der Waals surface area contributed by atoms with Gasteiger partial charge in [0.05, 0.1) is 19.4 Å². The van der Waals surface area contributed by atoms with Crippen LogP contribution in [0.2, 0.25) is 0 Å². The first-order chi connectivity index (χ1) is 15.0. The summed E-state index contributed by atoms with van der Waals surface area (Å²) in [5.41, 5.74) is 6.08. The molecule has 6 heteroatoms. The molecule has 0 aliphatic carbocycles. The molecule has 160 valence electrons. The highest BCUT2D eigenvalue weighted by atomic mass is 16.5. The normalized spacial score (nSPS) is 12.1. The van der Waals surface area contributed by atoms with Crippen molar-refractivity contribution < 1.29 is 19.7 Å². The molecule has 0 spiro atoms. The topological polar surface area (TPSA) is 91.7 Å². The number of aliphatic hydroxyl groups is 1. The number of carboxylic acids is 1. The van der Waals surface area contributed by atoms with E-state index in [2.05, 4.69) is 41.5 Å². The third-order valence-corrected chi connectivity index (χ3v) is 5.07. The van der Waals surface area contributed by atoms with Gasteiger partial charge in [0.2, 0.25) is 5.88 Å². The van der Waals surface area contributed by atoms with Crippen LogP contribution in [-0.2, 0) is 11.3 Å². The molecule has 0 saturated heterocycles. The maximum Gasteiger partial charge on any atom is 0.323 e. The second-order valence-electron chi connectivity index (χ2n) is 7.08. The minimum absolute atomic E-state index is 0.218. The Morgan fingerprint density at radius 1 is 1.10 bits per heavy atom. The summed E-state index contributed by atoms with van der Waals surface area (Å²) >= 11 is 0. The van der Waals surface area contributed by atoms with E-state index in [9.17, 15) is 4.79 Å². The van der Waals surface area contributed by atoms with Gasteiger partial charge in [-0.1, -0.05) is 60.7 Å². The van der Waals surface area contributed by atoms with Gasteiger partial charge >= 0.3 is 5.97 Å². The number of rotatable bonds is 9. The van der Waals surface area contributed by atoms with Crippen LogP contribution in [0.1, 0.15) is 22.4 Å². The van der Waals surface area contributed by atoms with Gasteiger partial charge in [0.25, 0.3) is 0 Å². The Bertz CT molecular complexity index is 1060. The highest BCUT2D eigenvalue weighted by molar-refractivity contribution is 5.77. The zero-order valence-electron chi connectivity index (χ0n) is 17.6. The fourth-order valence-electron chi connectivity index (χ4n) is 3.29. The van der Waals surface area contributed by atoms with E-state index in [0.717, 1.165) is 11.3 Å². The summed E-state index contributed by atoms with van der Waals surface area (Å²) in [6.07, 6.45) is 3.94. The van der Waals surface area contributed by atoms with Gasteiger partial charge in [0.15, 0.2) is 0 Å². The number of pyridine rings is 1. The van der Waals surface area contributed by atoms with Gasteiger partial charge in [-0.15, -0.1) is 0 Å². The van der Waals surface area contributed by atoms with E-state index in [4.69, 9.17) is 14.9 Å². The number of aromatic nitrogens is 1. The molecule has 0 amide bonds. The molecule has 0 fully saturated rings. The highest BCUT2D eigenvalue weighted by Gasteiger charge is 2.16. The van der Waals surface area contributed by atoms with E-state index in [1.54, 1.807) is 0 Å². The minimum Gasteiger partial charge on any atom is -0.481 e. The predicted octanol–water partition coefficient (Wildman–Crippen LogP) is 3.77. The molecule has 1 heterocycles. The number of hydrogen-bond acceptors (Lipinski definition) is 5. The van der Waals surface area contributed by atoms with E-state index < -0.39 is 18.6 Å². The molecular weight excluding hydrogens is 392 g/mol. The van der Waals surface area contributed by atoms with Gasteiger partial charge in [0, 0.05) is 12.1 Å². The molecule has 1 atom stereocenters. The third-order valence-electron chi connectivity index (χ3n) is 5.07. The Morgan fingerprint density at radius 2 is 1.87 bits per heavy atom. The van der Waals surface area contributed by atoms with Crippen molar-refractivity contribution in [3.8, 4) is 17.0 Å². The summed E-state index contributed by atoms with van der Waals surface area (Å²) in [5.74, 6) is -0.700. The molecule has 0 aliphatic rings. The van der Waals surface area contributed by atoms with Crippen molar-refractivity contribution in [1.29, 1.82) is 0 Å². The molecule has 0 bridgehead atoms. The largest absolute Gasteiger partial charge is 0.481 e. The third kappa shape index (κ3) is 5.57. The van der Waals surface area contributed by atoms with Crippen LogP contribution in [0.4, 0.5) is 0 Å². The molecule has 3 rings (SSSR count). The molecule has 0 aliphatic heterocycles. The zero-order chi connectivity index (χ0) is 22.2. The summed E-state index contributed by atoms with van der Waals surface area (Å²) in [7, 11) is 1.52. The van der Waals surface area contributed by atoms with E-state index in [1.807, 2.05) is 48.6 Å². The fraction of sp³-hybridized carbons (Fsp3) is 0.200. The van der Waals surface area contributed by atoms with Gasteiger partial charge in [-0.05, 0) is 41.3 Å². The molecule has 6 nitrogen and oxygen atoms in total. The number of aliphatic carboxylic acids is 1. The molecule has 1 unspecified atom stereocenters. The van der Waals surface area contributed by atoms with Crippen molar-refractivity contribution in [2.75, 3.05) is 13.7 Å². The molecule has 3 N–H and O–H groups in total. The first-order valence-corrected chi connectivity index (χ1v) is 9.97. The zero-order valence-corrected chi connectivity index (χ0v) is 17.6. The monoisotopic (exact) mass is 418 g/mol.